The van der Waals surface area contributed by atoms with E-state index in [1.807, 2.05) is 30.3 Å². The SMILES string of the molecule is Cn1c(=O)c2cc(NC(=O)c3cn(-c4ccccc4)nc3-c3ccc(Cl)cc3)cnc2n(C)c1=O. The van der Waals surface area contributed by atoms with Crippen LogP contribution in [0.5, 0.6) is 0 Å². The molecule has 0 bridgehead atoms. The fourth-order valence-electron chi connectivity index (χ4n) is 3.81. The van der Waals surface area contributed by atoms with Gasteiger partial charge in [0, 0.05) is 30.9 Å². The minimum Gasteiger partial charge on any atom is -0.320 e. The van der Waals surface area contributed by atoms with Gasteiger partial charge in [0.25, 0.3) is 11.5 Å². The maximum absolute atomic E-state index is 13.4. The van der Waals surface area contributed by atoms with Gasteiger partial charge < -0.3 is 5.32 Å². The molecular formula is C25H19ClN6O3. The third-order valence-corrected chi connectivity index (χ3v) is 5.90. The summed E-state index contributed by atoms with van der Waals surface area (Å²) in [4.78, 5) is 42.4. The van der Waals surface area contributed by atoms with Gasteiger partial charge in [0.2, 0.25) is 0 Å². The standard InChI is InChI=1S/C25H19ClN6O3/c1-30-22-19(24(34)31(2)25(30)35)12-17(13-27-22)28-23(33)20-14-32(18-6-4-3-5-7-18)29-21(20)15-8-10-16(26)11-9-15/h3-14H,1-2H3,(H,28,33). The fraction of sp³-hybridized carbons (Fsp3) is 0.0800. The highest BCUT2D eigenvalue weighted by atomic mass is 35.5. The van der Waals surface area contributed by atoms with Crippen LogP contribution in [0.2, 0.25) is 5.02 Å². The van der Waals surface area contributed by atoms with Crippen molar-refractivity contribution < 1.29 is 4.79 Å². The Morgan fingerprint density at radius 1 is 0.971 bits per heavy atom. The Kier molecular flexibility index (Phi) is 5.54. The van der Waals surface area contributed by atoms with Crippen molar-refractivity contribution in [2.45, 2.75) is 0 Å². The van der Waals surface area contributed by atoms with Crippen molar-refractivity contribution in [3.8, 4) is 16.9 Å². The lowest BCUT2D eigenvalue weighted by Crippen LogP contribution is -2.37. The zero-order valence-corrected chi connectivity index (χ0v) is 19.5. The molecule has 0 aliphatic rings. The number of nitrogens with one attached hydrogen (secondary N) is 1. The van der Waals surface area contributed by atoms with E-state index in [1.54, 1.807) is 35.1 Å². The van der Waals surface area contributed by atoms with Crippen molar-refractivity contribution in [1.82, 2.24) is 23.9 Å². The number of amides is 1. The van der Waals surface area contributed by atoms with Gasteiger partial charge in [-0.2, -0.15) is 5.10 Å². The van der Waals surface area contributed by atoms with Crippen LogP contribution in [0.1, 0.15) is 10.4 Å². The Hall–Kier alpha value is -4.50. The molecule has 0 spiro atoms. The van der Waals surface area contributed by atoms with Crippen molar-refractivity contribution >= 4 is 34.2 Å². The summed E-state index contributed by atoms with van der Waals surface area (Å²) in [6.45, 7) is 0. The van der Waals surface area contributed by atoms with Crippen LogP contribution < -0.4 is 16.6 Å². The molecule has 5 aromatic rings. The predicted octanol–water partition coefficient (Wildman–Crippen LogP) is 3.39. The molecule has 0 radical (unpaired) electrons. The van der Waals surface area contributed by atoms with Crippen molar-refractivity contribution in [3.05, 3.63) is 104 Å². The molecule has 2 aromatic carbocycles. The average Bonchev–Trinajstić information content (AvgIpc) is 3.33. The van der Waals surface area contributed by atoms with Crippen LogP contribution in [0, 0.1) is 0 Å². The molecule has 10 heteroatoms. The summed E-state index contributed by atoms with van der Waals surface area (Å²) in [5, 5.41) is 8.23. The lowest BCUT2D eigenvalue weighted by atomic mass is 10.1. The van der Waals surface area contributed by atoms with Gasteiger partial charge in [-0.1, -0.05) is 41.9 Å². The van der Waals surface area contributed by atoms with Gasteiger partial charge in [0.1, 0.15) is 11.3 Å². The Bertz CT molecular complexity index is 1700. The molecule has 0 aliphatic heterocycles. The first-order valence-electron chi connectivity index (χ1n) is 10.6. The zero-order valence-electron chi connectivity index (χ0n) is 18.8. The number of halogens is 1. The number of hydrogen-bond acceptors (Lipinski definition) is 5. The van der Waals surface area contributed by atoms with E-state index in [2.05, 4.69) is 15.4 Å². The highest BCUT2D eigenvalue weighted by molar-refractivity contribution is 6.30. The first-order valence-corrected chi connectivity index (χ1v) is 11.0. The van der Waals surface area contributed by atoms with Crippen LogP contribution in [-0.4, -0.2) is 29.8 Å². The highest BCUT2D eigenvalue weighted by Gasteiger charge is 2.20. The van der Waals surface area contributed by atoms with Crippen LogP contribution in [0.3, 0.4) is 0 Å². The van der Waals surface area contributed by atoms with E-state index in [0.29, 0.717) is 22.0 Å². The molecular weight excluding hydrogens is 468 g/mol. The van der Waals surface area contributed by atoms with E-state index in [0.717, 1.165) is 15.8 Å². The molecule has 9 nitrogen and oxygen atoms in total. The number of aryl methyl sites for hydroxylation is 1. The van der Waals surface area contributed by atoms with Gasteiger partial charge >= 0.3 is 5.69 Å². The molecule has 0 fully saturated rings. The summed E-state index contributed by atoms with van der Waals surface area (Å²) >= 11 is 6.04. The fourth-order valence-corrected chi connectivity index (χ4v) is 3.93. The van der Waals surface area contributed by atoms with E-state index in [1.165, 1.54) is 30.9 Å². The molecule has 0 atom stereocenters. The summed E-state index contributed by atoms with van der Waals surface area (Å²) < 4.78 is 3.91. The third-order valence-electron chi connectivity index (χ3n) is 5.65. The van der Waals surface area contributed by atoms with Crippen LogP contribution in [0.15, 0.2) is 82.6 Å². The lowest BCUT2D eigenvalue weighted by molar-refractivity contribution is 0.102. The first-order chi connectivity index (χ1) is 16.8. The van der Waals surface area contributed by atoms with Crippen molar-refractivity contribution in [2.75, 3.05) is 5.32 Å². The molecule has 3 aromatic heterocycles. The Labute approximate surface area is 203 Å². The number of para-hydroxylation sites is 1. The van der Waals surface area contributed by atoms with Gasteiger partial charge in [-0.15, -0.1) is 0 Å². The Morgan fingerprint density at radius 2 is 1.69 bits per heavy atom. The molecule has 1 N–H and O–H groups in total. The maximum atomic E-state index is 13.4. The number of pyridine rings is 1. The van der Waals surface area contributed by atoms with E-state index in [9.17, 15) is 14.4 Å². The second-order valence-electron chi connectivity index (χ2n) is 7.93. The molecule has 3 heterocycles. The Morgan fingerprint density at radius 3 is 2.40 bits per heavy atom. The van der Waals surface area contributed by atoms with Gasteiger partial charge in [-0.25, -0.2) is 14.5 Å². The number of aromatic nitrogens is 5. The van der Waals surface area contributed by atoms with Crippen LogP contribution in [0.25, 0.3) is 28.0 Å². The predicted molar refractivity (Wildman–Crippen MR) is 134 cm³/mol. The molecule has 35 heavy (non-hydrogen) atoms. The van der Waals surface area contributed by atoms with E-state index < -0.39 is 17.2 Å². The monoisotopic (exact) mass is 486 g/mol. The molecule has 174 valence electrons. The van der Waals surface area contributed by atoms with Crippen LogP contribution in [-0.2, 0) is 14.1 Å². The van der Waals surface area contributed by atoms with Gasteiger partial charge in [-0.05, 0) is 30.3 Å². The molecule has 1 amide bonds. The summed E-state index contributed by atoms with van der Waals surface area (Å²) in [6.07, 6.45) is 3.05. The smallest absolute Gasteiger partial charge is 0.320 e. The molecule has 0 unspecified atom stereocenters. The zero-order chi connectivity index (χ0) is 24.7. The first kappa shape index (κ1) is 22.3. The summed E-state index contributed by atoms with van der Waals surface area (Å²) in [7, 11) is 2.93. The molecule has 0 saturated heterocycles. The minimum absolute atomic E-state index is 0.213. The molecule has 0 saturated carbocycles. The molecule has 0 aliphatic carbocycles. The van der Waals surface area contributed by atoms with Gasteiger partial charge in [-0.3, -0.25) is 18.7 Å². The summed E-state index contributed by atoms with van der Waals surface area (Å²) in [6, 6.07) is 18.0. The number of carbonyl (C=O) groups excluding carboxylic acids is 1. The van der Waals surface area contributed by atoms with E-state index >= 15 is 0 Å². The summed E-state index contributed by atoms with van der Waals surface area (Å²) in [5.74, 6) is -0.431. The second kappa shape index (κ2) is 8.69. The quantitative estimate of drug-likeness (QED) is 0.419. The topological polar surface area (TPSA) is 104 Å². The minimum atomic E-state index is -0.495. The second-order valence-corrected chi connectivity index (χ2v) is 8.37. The van der Waals surface area contributed by atoms with Gasteiger partial charge in [0.05, 0.1) is 28.5 Å². The number of carbonyl (C=O) groups is 1. The van der Waals surface area contributed by atoms with Crippen LogP contribution >= 0.6 is 11.6 Å². The number of anilines is 1. The molecule has 5 rings (SSSR count). The average molecular weight is 487 g/mol. The number of rotatable bonds is 4. The number of benzene rings is 2. The Balaban J connectivity index is 1.58. The lowest BCUT2D eigenvalue weighted by Gasteiger charge is -2.09. The normalized spacial score (nSPS) is 11.1. The highest BCUT2D eigenvalue weighted by Crippen LogP contribution is 2.26. The third kappa shape index (κ3) is 4.02. The summed E-state index contributed by atoms with van der Waals surface area (Å²) in [5.41, 5.74) is 1.87. The number of nitrogens with zero attached hydrogens (tertiary/aromatic N) is 5. The van der Waals surface area contributed by atoms with E-state index in [-0.39, 0.29) is 11.0 Å². The van der Waals surface area contributed by atoms with Crippen molar-refractivity contribution in [2.24, 2.45) is 14.1 Å². The maximum Gasteiger partial charge on any atom is 0.332 e. The van der Waals surface area contributed by atoms with Crippen LogP contribution in [0.4, 0.5) is 5.69 Å². The van der Waals surface area contributed by atoms with Crippen molar-refractivity contribution in [3.63, 3.8) is 0 Å². The van der Waals surface area contributed by atoms with E-state index in [4.69, 9.17) is 11.6 Å². The van der Waals surface area contributed by atoms with Crippen molar-refractivity contribution in [1.29, 1.82) is 0 Å². The number of hydrogen-bond donors (Lipinski definition) is 1. The largest absolute Gasteiger partial charge is 0.332 e. The number of fused-ring (bicyclic) bond motifs is 1. The van der Waals surface area contributed by atoms with Gasteiger partial charge in [0.15, 0.2) is 0 Å².